The van der Waals surface area contributed by atoms with Gasteiger partial charge < -0.3 is 10.6 Å². The van der Waals surface area contributed by atoms with Gasteiger partial charge in [-0.25, -0.2) is 0 Å². The molecule has 2 N–H and O–H groups in total. The number of carbonyl (C=O) groups excluding carboxylic acids is 1. The Hall–Kier alpha value is -1.42. The lowest BCUT2D eigenvalue weighted by Crippen LogP contribution is -2.52. The van der Waals surface area contributed by atoms with Crippen molar-refractivity contribution < 1.29 is 4.79 Å². The molecular formula is C14H21N3O. The van der Waals surface area contributed by atoms with E-state index in [2.05, 4.69) is 22.5 Å². The third kappa shape index (κ3) is 3.81. The molecule has 0 unspecified atom stereocenters. The Labute approximate surface area is 108 Å². The minimum atomic E-state index is -0.0272. The van der Waals surface area contributed by atoms with Crippen molar-refractivity contribution in [2.24, 2.45) is 0 Å². The molecule has 4 nitrogen and oxygen atoms in total. The zero-order chi connectivity index (χ0) is 12.8. The third-order valence-electron chi connectivity index (χ3n) is 3.54. The molecule has 98 valence electrons. The number of carbonyl (C=O) groups is 1. The highest BCUT2D eigenvalue weighted by Gasteiger charge is 2.27. The number of rotatable bonds is 4. The Morgan fingerprint density at radius 2 is 2.06 bits per heavy atom. The van der Waals surface area contributed by atoms with Crippen LogP contribution in [0.15, 0.2) is 24.5 Å². The van der Waals surface area contributed by atoms with Crippen molar-refractivity contribution in [1.29, 1.82) is 0 Å². The van der Waals surface area contributed by atoms with E-state index in [1.165, 1.54) is 0 Å². The summed E-state index contributed by atoms with van der Waals surface area (Å²) in [6.07, 6.45) is 6.88. The molecule has 0 atom stereocenters. The zero-order valence-electron chi connectivity index (χ0n) is 10.9. The van der Waals surface area contributed by atoms with Crippen LogP contribution in [0.25, 0.3) is 0 Å². The van der Waals surface area contributed by atoms with Crippen molar-refractivity contribution in [3.63, 3.8) is 0 Å². The van der Waals surface area contributed by atoms with Crippen molar-refractivity contribution in [1.82, 2.24) is 15.6 Å². The second kappa shape index (κ2) is 5.96. The monoisotopic (exact) mass is 247 g/mol. The predicted octanol–water partition coefficient (Wildman–Crippen LogP) is 1.27. The van der Waals surface area contributed by atoms with Gasteiger partial charge in [-0.1, -0.05) is 0 Å². The standard InChI is InChI=1S/C14H21N3O/c1-14(6-10-16-11-7-14)17-13(18)3-2-12-4-8-15-9-5-12/h4-5,8-9,16H,2-3,6-7,10-11H2,1H3,(H,17,18). The van der Waals surface area contributed by atoms with Gasteiger partial charge in [-0.15, -0.1) is 0 Å². The van der Waals surface area contributed by atoms with E-state index in [1.807, 2.05) is 12.1 Å². The smallest absolute Gasteiger partial charge is 0.220 e. The SMILES string of the molecule is CC1(NC(=O)CCc2ccncc2)CCNCC1. The summed E-state index contributed by atoms with van der Waals surface area (Å²) in [5.74, 6) is 0.149. The summed E-state index contributed by atoms with van der Waals surface area (Å²) >= 11 is 0. The summed E-state index contributed by atoms with van der Waals surface area (Å²) in [6, 6.07) is 3.92. The zero-order valence-corrected chi connectivity index (χ0v) is 10.9. The Morgan fingerprint density at radius 3 is 2.72 bits per heavy atom. The summed E-state index contributed by atoms with van der Waals surface area (Å²) in [4.78, 5) is 15.9. The van der Waals surface area contributed by atoms with E-state index in [1.54, 1.807) is 12.4 Å². The van der Waals surface area contributed by atoms with Crippen LogP contribution in [0, 0.1) is 0 Å². The number of nitrogens with one attached hydrogen (secondary N) is 2. The number of aromatic nitrogens is 1. The van der Waals surface area contributed by atoms with Crippen LogP contribution in [0.4, 0.5) is 0 Å². The molecule has 1 aliphatic rings. The molecule has 2 heterocycles. The maximum atomic E-state index is 11.9. The van der Waals surface area contributed by atoms with Crippen LogP contribution < -0.4 is 10.6 Å². The minimum Gasteiger partial charge on any atom is -0.351 e. The van der Waals surface area contributed by atoms with Gasteiger partial charge in [0.15, 0.2) is 0 Å². The summed E-state index contributed by atoms with van der Waals surface area (Å²) in [6.45, 7) is 4.11. The first-order valence-corrected chi connectivity index (χ1v) is 6.59. The summed E-state index contributed by atoms with van der Waals surface area (Å²) in [5.41, 5.74) is 1.14. The Balaban J connectivity index is 1.78. The van der Waals surface area contributed by atoms with Gasteiger partial charge in [-0.2, -0.15) is 0 Å². The van der Waals surface area contributed by atoms with E-state index >= 15 is 0 Å². The molecule has 0 bridgehead atoms. The van der Waals surface area contributed by atoms with Gasteiger partial charge >= 0.3 is 0 Å². The highest BCUT2D eigenvalue weighted by atomic mass is 16.1. The highest BCUT2D eigenvalue weighted by Crippen LogP contribution is 2.17. The van der Waals surface area contributed by atoms with E-state index in [4.69, 9.17) is 0 Å². The van der Waals surface area contributed by atoms with Gasteiger partial charge in [0.25, 0.3) is 0 Å². The number of aryl methyl sites for hydroxylation is 1. The first-order valence-electron chi connectivity index (χ1n) is 6.59. The van der Waals surface area contributed by atoms with Crippen molar-refractivity contribution in [3.8, 4) is 0 Å². The van der Waals surface area contributed by atoms with E-state index in [0.717, 1.165) is 37.9 Å². The molecule has 2 rings (SSSR count). The van der Waals surface area contributed by atoms with E-state index in [-0.39, 0.29) is 11.4 Å². The normalized spacial score (nSPS) is 18.3. The van der Waals surface area contributed by atoms with E-state index in [9.17, 15) is 4.79 Å². The molecule has 18 heavy (non-hydrogen) atoms. The molecule has 0 aromatic carbocycles. The quantitative estimate of drug-likeness (QED) is 0.842. The lowest BCUT2D eigenvalue weighted by molar-refractivity contribution is -0.123. The summed E-state index contributed by atoms with van der Waals surface area (Å²) in [7, 11) is 0. The first-order chi connectivity index (χ1) is 8.68. The second-order valence-corrected chi connectivity index (χ2v) is 5.21. The molecule has 0 spiro atoms. The molecule has 0 saturated carbocycles. The molecule has 0 aliphatic carbocycles. The average Bonchev–Trinajstić information content (AvgIpc) is 2.38. The molecule has 4 heteroatoms. The summed E-state index contributed by atoms with van der Waals surface area (Å²) in [5, 5.41) is 6.48. The number of nitrogens with zero attached hydrogens (tertiary/aromatic N) is 1. The van der Waals surface area contributed by atoms with Crippen LogP contribution in [0.5, 0.6) is 0 Å². The number of hydrogen-bond donors (Lipinski definition) is 2. The van der Waals surface area contributed by atoms with Crippen molar-refractivity contribution >= 4 is 5.91 Å². The third-order valence-corrected chi connectivity index (χ3v) is 3.54. The van der Waals surface area contributed by atoms with Crippen molar-refractivity contribution in [2.75, 3.05) is 13.1 Å². The number of amides is 1. The van der Waals surface area contributed by atoms with Crippen LogP contribution in [0.2, 0.25) is 0 Å². The largest absolute Gasteiger partial charge is 0.351 e. The lowest BCUT2D eigenvalue weighted by atomic mass is 9.90. The minimum absolute atomic E-state index is 0.0272. The molecule has 1 fully saturated rings. The van der Waals surface area contributed by atoms with Crippen LogP contribution in [-0.2, 0) is 11.2 Å². The number of pyridine rings is 1. The van der Waals surface area contributed by atoms with E-state index < -0.39 is 0 Å². The Bertz CT molecular complexity index is 385. The Morgan fingerprint density at radius 1 is 1.39 bits per heavy atom. The topological polar surface area (TPSA) is 54.0 Å². The number of hydrogen-bond acceptors (Lipinski definition) is 3. The lowest BCUT2D eigenvalue weighted by Gasteiger charge is -2.35. The maximum Gasteiger partial charge on any atom is 0.220 e. The van der Waals surface area contributed by atoms with Crippen molar-refractivity contribution in [2.45, 2.75) is 38.1 Å². The fourth-order valence-electron chi connectivity index (χ4n) is 2.31. The fraction of sp³-hybridized carbons (Fsp3) is 0.571. The molecule has 1 aliphatic heterocycles. The fourth-order valence-corrected chi connectivity index (χ4v) is 2.31. The summed E-state index contributed by atoms with van der Waals surface area (Å²) < 4.78 is 0. The van der Waals surface area contributed by atoms with Crippen molar-refractivity contribution in [3.05, 3.63) is 30.1 Å². The molecule has 0 radical (unpaired) electrons. The average molecular weight is 247 g/mol. The maximum absolute atomic E-state index is 11.9. The molecule has 1 aromatic rings. The van der Waals surface area contributed by atoms with Gasteiger partial charge in [0, 0.05) is 24.4 Å². The molecule has 1 amide bonds. The van der Waals surface area contributed by atoms with Crippen LogP contribution in [0.3, 0.4) is 0 Å². The van der Waals surface area contributed by atoms with Gasteiger partial charge in [-0.05, 0) is 57.0 Å². The van der Waals surface area contributed by atoms with Gasteiger partial charge in [0.2, 0.25) is 5.91 Å². The molecular weight excluding hydrogens is 226 g/mol. The Kier molecular flexibility index (Phi) is 4.31. The number of piperidine rings is 1. The van der Waals surface area contributed by atoms with Crippen LogP contribution in [-0.4, -0.2) is 29.5 Å². The van der Waals surface area contributed by atoms with Gasteiger partial charge in [-0.3, -0.25) is 9.78 Å². The molecule has 1 saturated heterocycles. The first kappa shape index (κ1) is 13.0. The van der Waals surface area contributed by atoms with Gasteiger partial charge in [0.1, 0.15) is 0 Å². The van der Waals surface area contributed by atoms with E-state index in [0.29, 0.717) is 6.42 Å². The van der Waals surface area contributed by atoms with Crippen LogP contribution >= 0.6 is 0 Å². The second-order valence-electron chi connectivity index (χ2n) is 5.21. The predicted molar refractivity (Wildman–Crippen MR) is 71.2 cm³/mol. The van der Waals surface area contributed by atoms with Gasteiger partial charge in [0.05, 0.1) is 0 Å². The highest BCUT2D eigenvalue weighted by molar-refractivity contribution is 5.77. The molecule has 1 aromatic heterocycles. The van der Waals surface area contributed by atoms with Crippen LogP contribution in [0.1, 0.15) is 31.7 Å².